The number of aryl methyl sites for hydroxylation is 1. The summed E-state index contributed by atoms with van der Waals surface area (Å²) in [7, 11) is 2.06. The highest BCUT2D eigenvalue weighted by Crippen LogP contribution is 2.41. The van der Waals surface area contributed by atoms with Gasteiger partial charge in [0.15, 0.2) is 0 Å². The van der Waals surface area contributed by atoms with E-state index in [2.05, 4.69) is 72.5 Å². The number of hydrogen-bond acceptors (Lipinski definition) is 2. The zero-order chi connectivity index (χ0) is 22.4. The molecule has 0 saturated carbocycles. The third kappa shape index (κ3) is 3.65. The Balaban J connectivity index is 1.58. The van der Waals surface area contributed by atoms with Crippen molar-refractivity contribution in [2.45, 2.75) is 32.4 Å². The zero-order valence-electron chi connectivity index (χ0n) is 18.5. The van der Waals surface area contributed by atoms with E-state index in [4.69, 9.17) is 11.6 Å². The number of anilines is 2. The van der Waals surface area contributed by atoms with Crippen LogP contribution in [0.15, 0.2) is 72.9 Å². The Morgan fingerprint density at radius 1 is 1.00 bits per heavy atom. The van der Waals surface area contributed by atoms with Crippen LogP contribution >= 0.6 is 11.6 Å². The average Bonchev–Trinajstić information content (AvgIpc) is 3.15. The molecule has 0 unspecified atom stereocenters. The number of nitrogens with one attached hydrogen (secondary N) is 1. The second-order valence-corrected chi connectivity index (χ2v) is 9.09. The molecule has 2 heterocycles. The molecule has 4 nitrogen and oxygen atoms in total. The number of benzene rings is 3. The minimum Gasteiger partial charge on any atom is -0.378 e. The molecular formula is C27H26ClN3O. The van der Waals surface area contributed by atoms with Gasteiger partial charge < -0.3 is 14.8 Å². The van der Waals surface area contributed by atoms with Crippen molar-refractivity contribution in [2.24, 2.45) is 7.05 Å². The van der Waals surface area contributed by atoms with E-state index in [0.29, 0.717) is 5.02 Å². The lowest BCUT2D eigenvalue weighted by Gasteiger charge is -2.39. The topological polar surface area (TPSA) is 37.3 Å². The Labute approximate surface area is 193 Å². The number of halogens is 1. The third-order valence-electron chi connectivity index (χ3n) is 6.42. The Kier molecular flexibility index (Phi) is 5.18. The fourth-order valence-corrected chi connectivity index (χ4v) is 4.99. The van der Waals surface area contributed by atoms with Gasteiger partial charge in [-0.3, -0.25) is 4.79 Å². The van der Waals surface area contributed by atoms with Crippen LogP contribution in [0.2, 0.25) is 5.02 Å². The van der Waals surface area contributed by atoms with Crippen LogP contribution in [0.4, 0.5) is 11.4 Å². The molecule has 1 N–H and O–H groups in total. The number of fused-ring (bicyclic) bond motifs is 2. The normalized spacial score (nSPS) is 17.9. The molecule has 0 aliphatic carbocycles. The summed E-state index contributed by atoms with van der Waals surface area (Å²) in [5.74, 6) is 0.0714. The van der Waals surface area contributed by atoms with E-state index in [9.17, 15) is 4.79 Å². The van der Waals surface area contributed by atoms with Crippen molar-refractivity contribution in [3.8, 4) is 11.1 Å². The summed E-state index contributed by atoms with van der Waals surface area (Å²) in [6, 6.07) is 23.1. The highest BCUT2D eigenvalue weighted by atomic mass is 35.5. The molecule has 1 aromatic heterocycles. The first-order chi connectivity index (χ1) is 15.4. The molecule has 0 bridgehead atoms. The number of rotatable bonds is 3. The van der Waals surface area contributed by atoms with Gasteiger partial charge in [0.1, 0.15) is 0 Å². The van der Waals surface area contributed by atoms with E-state index >= 15 is 0 Å². The van der Waals surface area contributed by atoms with Crippen molar-refractivity contribution in [3.05, 3.63) is 83.5 Å². The van der Waals surface area contributed by atoms with Crippen molar-refractivity contribution in [1.29, 1.82) is 0 Å². The van der Waals surface area contributed by atoms with Crippen molar-refractivity contribution in [2.75, 3.05) is 10.2 Å². The summed E-state index contributed by atoms with van der Waals surface area (Å²) in [6.45, 7) is 3.75. The molecule has 0 radical (unpaired) electrons. The maximum Gasteiger partial charge on any atom is 0.224 e. The lowest BCUT2D eigenvalue weighted by Crippen LogP contribution is -2.43. The first kappa shape index (κ1) is 20.7. The van der Waals surface area contributed by atoms with Crippen LogP contribution in [-0.2, 0) is 11.8 Å². The van der Waals surface area contributed by atoms with E-state index in [0.717, 1.165) is 28.9 Å². The van der Waals surface area contributed by atoms with Gasteiger partial charge in [0.05, 0.1) is 6.04 Å². The summed E-state index contributed by atoms with van der Waals surface area (Å²) in [5.41, 5.74) is 6.67. The SMILES string of the molecule is CC(=O)N1c2ccc(-c3ccc4c(ccn4C)c3)cc2[C@@H](Nc2ccc(Cl)cc2)C[C@H]1C. The number of hydrogen-bond donors (Lipinski definition) is 1. The predicted molar refractivity (Wildman–Crippen MR) is 133 cm³/mol. The molecule has 2 atom stereocenters. The molecule has 0 saturated heterocycles. The predicted octanol–water partition coefficient (Wildman–Crippen LogP) is 6.80. The minimum absolute atomic E-state index is 0.0714. The van der Waals surface area contributed by atoms with Crippen molar-refractivity contribution in [3.63, 3.8) is 0 Å². The molecule has 1 aliphatic rings. The number of carbonyl (C=O) groups excluding carboxylic acids is 1. The molecule has 162 valence electrons. The van der Waals surface area contributed by atoms with Crippen LogP contribution < -0.4 is 10.2 Å². The van der Waals surface area contributed by atoms with Gasteiger partial charge in [0.25, 0.3) is 0 Å². The summed E-state index contributed by atoms with van der Waals surface area (Å²) < 4.78 is 2.13. The van der Waals surface area contributed by atoms with E-state index in [-0.39, 0.29) is 18.0 Å². The summed E-state index contributed by atoms with van der Waals surface area (Å²) in [4.78, 5) is 14.4. The van der Waals surface area contributed by atoms with Crippen LogP contribution in [0.1, 0.15) is 31.9 Å². The van der Waals surface area contributed by atoms with E-state index in [1.165, 1.54) is 16.5 Å². The Bertz CT molecular complexity index is 1310. The second-order valence-electron chi connectivity index (χ2n) is 8.65. The highest BCUT2D eigenvalue weighted by Gasteiger charge is 2.32. The Morgan fingerprint density at radius 2 is 1.72 bits per heavy atom. The van der Waals surface area contributed by atoms with Crippen molar-refractivity contribution >= 4 is 39.8 Å². The van der Waals surface area contributed by atoms with Gasteiger partial charge in [0.2, 0.25) is 5.91 Å². The van der Waals surface area contributed by atoms with Crippen LogP contribution in [0.5, 0.6) is 0 Å². The average molecular weight is 444 g/mol. The molecule has 0 spiro atoms. The molecule has 32 heavy (non-hydrogen) atoms. The van der Waals surface area contributed by atoms with Gasteiger partial charge in [0, 0.05) is 53.5 Å². The molecule has 3 aromatic carbocycles. The largest absolute Gasteiger partial charge is 0.378 e. The molecular weight excluding hydrogens is 418 g/mol. The lowest BCUT2D eigenvalue weighted by molar-refractivity contribution is -0.117. The van der Waals surface area contributed by atoms with Crippen molar-refractivity contribution < 1.29 is 4.79 Å². The van der Waals surface area contributed by atoms with E-state index in [1.807, 2.05) is 29.2 Å². The second kappa shape index (κ2) is 8.03. The maximum absolute atomic E-state index is 12.5. The molecule has 0 fully saturated rings. The summed E-state index contributed by atoms with van der Waals surface area (Å²) >= 11 is 6.07. The van der Waals surface area contributed by atoms with Gasteiger partial charge in [-0.1, -0.05) is 23.7 Å². The molecule has 5 heteroatoms. The summed E-state index contributed by atoms with van der Waals surface area (Å²) in [5, 5.41) is 5.60. The standard InChI is InChI=1S/C27H26ClN3O/c1-17-14-25(29-23-8-6-22(28)7-9-23)24-16-20(5-11-27(24)31(17)18(2)32)19-4-10-26-21(15-19)12-13-30(26)3/h4-13,15-17,25,29H,14H2,1-3H3/t17-,25+/m1/s1. The number of amides is 1. The monoisotopic (exact) mass is 443 g/mol. The van der Waals surface area contributed by atoms with Gasteiger partial charge in [-0.05, 0) is 84.6 Å². The summed E-state index contributed by atoms with van der Waals surface area (Å²) in [6.07, 6.45) is 2.91. The molecule has 1 aliphatic heterocycles. The van der Waals surface area contributed by atoms with Crippen molar-refractivity contribution in [1.82, 2.24) is 4.57 Å². The fraction of sp³-hybridized carbons (Fsp3) is 0.222. The smallest absolute Gasteiger partial charge is 0.224 e. The first-order valence-electron chi connectivity index (χ1n) is 10.9. The highest BCUT2D eigenvalue weighted by molar-refractivity contribution is 6.30. The Morgan fingerprint density at radius 3 is 2.47 bits per heavy atom. The van der Waals surface area contributed by atoms with Gasteiger partial charge in [-0.25, -0.2) is 0 Å². The van der Waals surface area contributed by atoms with E-state index < -0.39 is 0 Å². The fourth-order valence-electron chi connectivity index (χ4n) is 4.87. The molecule has 5 rings (SSSR count). The zero-order valence-corrected chi connectivity index (χ0v) is 19.2. The van der Waals surface area contributed by atoms with Crippen LogP contribution in [0, 0.1) is 0 Å². The van der Waals surface area contributed by atoms with Gasteiger partial charge >= 0.3 is 0 Å². The van der Waals surface area contributed by atoms with Crippen LogP contribution in [0.25, 0.3) is 22.0 Å². The van der Waals surface area contributed by atoms with Gasteiger partial charge in [-0.2, -0.15) is 0 Å². The van der Waals surface area contributed by atoms with E-state index in [1.54, 1.807) is 6.92 Å². The number of aromatic nitrogens is 1. The Hall–Kier alpha value is -3.24. The minimum atomic E-state index is 0.0714. The number of carbonyl (C=O) groups is 1. The maximum atomic E-state index is 12.5. The van der Waals surface area contributed by atoms with Crippen LogP contribution in [0.3, 0.4) is 0 Å². The lowest BCUT2D eigenvalue weighted by atomic mass is 9.88. The van der Waals surface area contributed by atoms with Crippen LogP contribution in [-0.4, -0.2) is 16.5 Å². The molecule has 1 amide bonds. The first-order valence-corrected chi connectivity index (χ1v) is 11.3. The van der Waals surface area contributed by atoms with Gasteiger partial charge in [-0.15, -0.1) is 0 Å². The number of nitrogens with zero attached hydrogens (tertiary/aromatic N) is 2. The third-order valence-corrected chi connectivity index (χ3v) is 6.67. The molecule has 4 aromatic rings. The quantitative estimate of drug-likeness (QED) is 0.378.